The minimum Gasteiger partial charge on any atom is -0.324 e. The summed E-state index contributed by atoms with van der Waals surface area (Å²) < 4.78 is 30.5. The maximum Gasteiger partial charge on any atom is 0.227 e. The first-order valence-corrected chi connectivity index (χ1v) is 12.7. The lowest BCUT2D eigenvalue weighted by Gasteiger charge is -2.13. The van der Waals surface area contributed by atoms with Crippen molar-refractivity contribution in [3.8, 4) is 11.3 Å². The molecule has 0 radical (unpaired) electrons. The van der Waals surface area contributed by atoms with Gasteiger partial charge in [0.1, 0.15) is 11.6 Å². The van der Waals surface area contributed by atoms with Gasteiger partial charge >= 0.3 is 0 Å². The average Bonchev–Trinajstić information content (AvgIpc) is 3.07. The van der Waals surface area contributed by atoms with Crippen molar-refractivity contribution in [3.63, 3.8) is 0 Å². The van der Waals surface area contributed by atoms with Crippen molar-refractivity contribution >= 4 is 51.6 Å². The number of anilines is 4. The Kier molecular flexibility index (Phi) is 6.46. The molecule has 1 aliphatic heterocycles. The Labute approximate surface area is 230 Å². The van der Waals surface area contributed by atoms with Crippen molar-refractivity contribution in [1.29, 1.82) is 0 Å². The lowest BCUT2D eigenvalue weighted by atomic mass is 9.95. The summed E-state index contributed by atoms with van der Waals surface area (Å²) in [6.45, 7) is 0.186. The van der Waals surface area contributed by atoms with Gasteiger partial charge < -0.3 is 10.6 Å². The molecule has 0 bridgehead atoms. The molecule has 0 saturated heterocycles. The van der Waals surface area contributed by atoms with E-state index in [-0.39, 0.29) is 17.8 Å². The Morgan fingerprint density at radius 2 is 1.42 bits per heavy atom. The Bertz CT molecular complexity index is 1660. The van der Waals surface area contributed by atoms with E-state index < -0.39 is 11.6 Å². The number of nitrogens with zero attached hydrogens (tertiary/aromatic N) is 5. The highest BCUT2D eigenvalue weighted by atomic mass is 127. The molecular formula is C28H18F2IN7. The van der Waals surface area contributed by atoms with E-state index in [1.54, 1.807) is 24.7 Å². The second-order valence-electron chi connectivity index (χ2n) is 8.42. The summed E-state index contributed by atoms with van der Waals surface area (Å²) in [5.41, 5.74) is 4.48. The van der Waals surface area contributed by atoms with Gasteiger partial charge in [-0.15, -0.1) is 0 Å². The topological polar surface area (TPSA) is 88.0 Å². The number of hydrogen-bond donors (Lipinski definition) is 2. The number of nitrogens with one attached hydrogen (secondary N) is 2. The first-order chi connectivity index (χ1) is 18.5. The molecule has 5 aromatic rings. The lowest BCUT2D eigenvalue weighted by Crippen LogP contribution is -2.10. The number of benzene rings is 3. The lowest BCUT2D eigenvalue weighted by molar-refractivity contribution is 0.579. The smallest absolute Gasteiger partial charge is 0.227 e. The van der Waals surface area contributed by atoms with E-state index in [1.165, 1.54) is 18.2 Å². The van der Waals surface area contributed by atoms with Gasteiger partial charge in [0, 0.05) is 50.2 Å². The van der Waals surface area contributed by atoms with Crippen molar-refractivity contribution in [2.24, 2.45) is 4.99 Å². The van der Waals surface area contributed by atoms with Gasteiger partial charge in [0.05, 0.1) is 23.5 Å². The number of rotatable bonds is 5. The molecule has 186 valence electrons. The zero-order chi connectivity index (χ0) is 26.1. The fourth-order valence-corrected chi connectivity index (χ4v) is 4.67. The average molecular weight is 617 g/mol. The van der Waals surface area contributed by atoms with Crippen LogP contribution in [-0.4, -0.2) is 25.6 Å². The van der Waals surface area contributed by atoms with Crippen molar-refractivity contribution in [1.82, 2.24) is 19.9 Å². The molecule has 1 aliphatic rings. The van der Waals surface area contributed by atoms with E-state index in [9.17, 15) is 8.78 Å². The molecule has 10 heteroatoms. The molecule has 6 rings (SSSR count). The van der Waals surface area contributed by atoms with Crippen LogP contribution in [0, 0.1) is 15.2 Å². The van der Waals surface area contributed by atoms with Gasteiger partial charge in [0.15, 0.2) is 0 Å². The standard InChI is InChI=1S/C28H18F2IN7/c29-22-3-1-4-23(30)24(22)26-21-13-17(31)5-10-20(21)25-16(14-34-26)15-35-28(38-25)37-19-8-6-18(7-9-19)36-27-32-11-2-12-33-27/h1-13,15H,14H2,(H,32,33,36)(H,35,37,38). The number of hydrogen-bond acceptors (Lipinski definition) is 7. The van der Waals surface area contributed by atoms with E-state index in [4.69, 9.17) is 4.98 Å². The normalized spacial score (nSPS) is 12.1. The van der Waals surface area contributed by atoms with Crippen LogP contribution in [0.15, 0.2) is 90.3 Å². The summed E-state index contributed by atoms with van der Waals surface area (Å²) in [6.07, 6.45) is 5.03. The molecule has 3 heterocycles. The van der Waals surface area contributed by atoms with E-state index in [1.807, 2.05) is 42.5 Å². The Balaban J connectivity index is 1.33. The molecule has 0 amide bonds. The summed E-state index contributed by atoms with van der Waals surface area (Å²) >= 11 is 2.18. The Morgan fingerprint density at radius 1 is 0.737 bits per heavy atom. The molecular weight excluding hydrogens is 599 g/mol. The van der Waals surface area contributed by atoms with Gasteiger partial charge in [0.2, 0.25) is 11.9 Å². The second kappa shape index (κ2) is 10.2. The largest absolute Gasteiger partial charge is 0.324 e. The fourth-order valence-electron chi connectivity index (χ4n) is 4.18. The van der Waals surface area contributed by atoms with Gasteiger partial charge in [-0.2, -0.15) is 0 Å². The molecule has 0 aliphatic carbocycles. The molecule has 0 unspecified atom stereocenters. The minimum absolute atomic E-state index is 0.149. The zero-order valence-corrected chi connectivity index (χ0v) is 21.8. The van der Waals surface area contributed by atoms with Crippen molar-refractivity contribution < 1.29 is 8.78 Å². The third-order valence-corrected chi connectivity index (χ3v) is 6.60. The molecule has 3 aromatic carbocycles. The Morgan fingerprint density at radius 3 is 2.13 bits per heavy atom. The van der Waals surface area contributed by atoms with Crippen molar-refractivity contribution in [2.45, 2.75) is 6.54 Å². The number of aromatic nitrogens is 4. The van der Waals surface area contributed by atoms with Crippen LogP contribution in [0.25, 0.3) is 11.3 Å². The van der Waals surface area contributed by atoms with Crippen LogP contribution in [0.3, 0.4) is 0 Å². The van der Waals surface area contributed by atoms with E-state index in [2.05, 4.69) is 53.2 Å². The second-order valence-corrected chi connectivity index (χ2v) is 9.66. The zero-order valence-electron chi connectivity index (χ0n) is 19.7. The van der Waals surface area contributed by atoms with Gasteiger partial charge in [-0.1, -0.05) is 12.1 Å². The first-order valence-electron chi connectivity index (χ1n) is 11.6. The summed E-state index contributed by atoms with van der Waals surface area (Å²) in [7, 11) is 0. The summed E-state index contributed by atoms with van der Waals surface area (Å²) in [5.74, 6) is -0.428. The number of fused-ring (bicyclic) bond motifs is 3. The van der Waals surface area contributed by atoms with Crippen LogP contribution in [0.5, 0.6) is 0 Å². The summed E-state index contributed by atoms with van der Waals surface area (Å²) in [4.78, 5) is 22.2. The van der Waals surface area contributed by atoms with Crippen molar-refractivity contribution in [3.05, 3.63) is 117 Å². The van der Waals surface area contributed by atoms with Gasteiger partial charge in [-0.05, 0) is 77.2 Å². The van der Waals surface area contributed by atoms with Crippen LogP contribution >= 0.6 is 22.6 Å². The SMILES string of the molecule is Fc1cccc(F)c1C1=NCc2cnc(Nc3ccc(Nc4ncccn4)cc3)nc2-c2ccc(I)cc21. The van der Waals surface area contributed by atoms with Gasteiger partial charge in [-0.3, -0.25) is 4.99 Å². The van der Waals surface area contributed by atoms with Crippen LogP contribution in [0.4, 0.5) is 32.1 Å². The van der Waals surface area contributed by atoms with E-state index in [0.717, 1.165) is 26.1 Å². The molecule has 0 saturated carbocycles. The van der Waals surface area contributed by atoms with E-state index >= 15 is 0 Å². The third kappa shape index (κ3) is 4.82. The van der Waals surface area contributed by atoms with Crippen LogP contribution < -0.4 is 10.6 Å². The monoisotopic (exact) mass is 617 g/mol. The molecule has 0 atom stereocenters. The predicted molar refractivity (Wildman–Crippen MR) is 151 cm³/mol. The summed E-state index contributed by atoms with van der Waals surface area (Å²) in [6, 6.07) is 18.8. The van der Waals surface area contributed by atoms with Crippen LogP contribution in [0.1, 0.15) is 16.7 Å². The predicted octanol–water partition coefficient (Wildman–Crippen LogP) is 6.65. The highest BCUT2D eigenvalue weighted by Gasteiger charge is 2.25. The molecule has 0 spiro atoms. The maximum atomic E-state index is 14.8. The highest BCUT2D eigenvalue weighted by molar-refractivity contribution is 14.1. The minimum atomic E-state index is -0.662. The van der Waals surface area contributed by atoms with E-state index in [0.29, 0.717) is 23.2 Å². The molecule has 38 heavy (non-hydrogen) atoms. The molecule has 2 N–H and O–H groups in total. The molecule has 0 fully saturated rings. The van der Waals surface area contributed by atoms with Gasteiger partial charge in [0.25, 0.3) is 0 Å². The summed E-state index contributed by atoms with van der Waals surface area (Å²) in [5, 5.41) is 6.36. The van der Waals surface area contributed by atoms with Crippen LogP contribution in [0.2, 0.25) is 0 Å². The number of aliphatic imine (C=N–C) groups is 1. The van der Waals surface area contributed by atoms with Crippen LogP contribution in [-0.2, 0) is 6.54 Å². The van der Waals surface area contributed by atoms with Gasteiger partial charge in [-0.25, -0.2) is 28.7 Å². The highest BCUT2D eigenvalue weighted by Crippen LogP contribution is 2.34. The molecule has 7 nitrogen and oxygen atoms in total. The third-order valence-electron chi connectivity index (χ3n) is 5.93. The van der Waals surface area contributed by atoms with Crippen molar-refractivity contribution in [2.75, 3.05) is 10.6 Å². The molecule has 2 aromatic heterocycles. The Hall–Kier alpha value is -4.32. The quantitative estimate of drug-likeness (QED) is 0.215. The fraction of sp³-hybridized carbons (Fsp3) is 0.0357. The number of halogens is 3. The first kappa shape index (κ1) is 24.0. The maximum absolute atomic E-state index is 14.8.